The number of hydrogen-bond donors (Lipinski definition) is 1. The molecule has 3 heteroatoms. The summed E-state index contributed by atoms with van der Waals surface area (Å²) in [6.07, 6.45) is 1.24. The molecular formula is C14H20O3. The van der Waals surface area contributed by atoms with Crippen molar-refractivity contribution in [3.05, 3.63) is 23.8 Å². The first-order valence-electron chi connectivity index (χ1n) is 5.95. The maximum absolute atomic E-state index is 11.2. The van der Waals surface area contributed by atoms with E-state index in [1.165, 1.54) is 0 Å². The van der Waals surface area contributed by atoms with Gasteiger partial charge in [0, 0.05) is 12.0 Å². The van der Waals surface area contributed by atoms with Gasteiger partial charge in [-0.15, -0.1) is 0 Å². The Bertz CT molecular complexity index is 408. The summed E-state index contributed by atoms with van der Waals surface area (Å²) in [7, 11) is 0. The summed E-state index contributed by atoms with van der Waals surface area (Å²) >= 11 is 0. The molecular weight excluding hydrogens is 216 g/mol. The largest absolute Gasteiger partial charge is 0.508 e. The number of rotatable bonds is 4. The Balaban J connectivity index is 3.06. The SMILES string of the molecule is CCC(=O)Oc1ccc(O)c(C(C)(C)CC)c1. The number of ether oxygens (including phenoxy) is 1. The molecule has 1 aromatic carbocycles. The molecule has 0 heterocycles. The van der Waals surface area contributed by atoms with Crippen LogP contribution >= 0.6 is 0 Å². The standard InChI is InChI=1S/C14H20O3/c1-5-13(16)17-10-7-8-12(15)11(9-10)14(3,4)6-2/h7-9,15H,5-6H2,1-4H3. The number of phenolic OH excluding ortho intramolecular Hbond substituents is 1. The summed E-state index contributed by atoms with van der Waals surface area (Å²) in [5.41, 5.74) is 0.667. The number of hydrogen-bond acceptors (Lipinski definition) is 3. The van der Waals surface area contributed by atoms with Crippen molar-refractivity contribution in [2.24, 2.45) is 0 Å². The van der Waals surface area contributed by atoms with Crippen molar-refractivity contribution in [3.63, 3.8) is 0 Å². The van der Waals surface area contributed by atoms with Gasteiger partial charge in [0.25, 0.3) is 0 Å². The molecule has 0 radical (unpaired) electrons. The molecule has 3 nitrogen and oxygen atoms in total. The first kappa shape index (κ1) is 13.6. The molecule has 0 amide bonds. The van der Waals surface area contributed by atoms with E-state index < -0.39 is 0 Å². The van der Waals surface area contributed by atoms with E-state index in [0.29, 0.717) is 12.2 Å². The van der Waals surface area contributed by atoms with Gasteiger partial charge in [-0.05, 0) is 30.0 Å². The van der Waals surface area contributed by atoms with Crippen LogP contribution in [0.25, 0.3) is 0 Å². The Kier molecular flexibility index (Phi) is 4.16. The van der Waals surface area contributed by atoms with Crippen LogP contribution in [0.5, 0.6) is 11.5 Å². The van der Waals surface area contributed by atoms with E-state index in [2.05, 4.69) is 6.92 Å². The van der Waals surface area contributed by atoms with Gasteiger partial charge in [0.05, 0.1) is 0 Å². The highest BCUT2D eigenvalue weighted by Gasteiger charge is 2.22. The molecule has 17 heavy (non-hydrogen) atoms. The lowest BCUT2D eigenvalue weighted by atomic mass is 9.81. The quantitative estimate of drug-likeness (QED) is 0.643. The Morgan fingerprint density at radius 2 is 2.00 bits per heavy atom. The summed E-state index contributed by atoms with van der Waals surface area (Å²) < 4.78 is 5.15. The fourth-order valence-corrected chi connectivity index (χ4v) is 1.51. The third-order valence-corrected chi connectivity index (χ3v) is 3.10. The van der Waals surface area contributed by atoms with E-state index in [1.54, 1.807) is 25.1 Å². The Morgan fingerprint density at radius 3 is 2.53 bits per heavy atom. The van der Waals surface area contributed by atoms with Crippen molar-refractivity contribution in [2.75, 3.05) is 0 Å². The predicted molar refractivity (Wildman–Crippen MR) is 67.3 cm³/mol. The highest BCUT2D eigenvalue weighted by molar-refractivity contribution is 5.72. The van der Waals surface area contributed by atoms with Crippen LogP contribution < -0.4 is 4.74 Å². The fourth-order valence-electron chi connectivity index (χ4n) is 1.51. The van der Waals surface area contributed by atoms with E-state index in [-0.39, 0.29) is 17.1 Å². The van der Waals surface area contributed by atoms with E-state index >= 15 is 0 Å². The normalized spacial score (nSPS) is 11.3. The lowest BCUT2D eigenvalue weighted by molar-refractivity contribution is -0.134. The Labute approximate surface area is 102 Å². The lowest BCUT2D eigenvalue weighted by Gasteiger charge is -2.24. The van der Waals surface area contributed by atoms with E-state index in [0.717, 1.165) is 12.0 Å². The molecule has 0 aliphatic rings. The summed E-state index contributed by atoms with van der Waals surface area (Å²) in [4.78, 5) is 11.2. The smallest absolute Gasteiger partial charge is 0.310 e. The van der Waals surface area contributed by atoms with Gasteiger partial charge in [-0.25, -0.2) is 0 Å². The number of carbonyl (C=O) groups excluding carboxylic acids is 1. The molecule has 1 N–H and O–H groups in total. The van der Waals surface area contributed by atoms with Crippen LogP contribution in [0.4, 0.5) is 0 Å². The number of phenols is 1. The topological polar surface area (TPSA) is 46.5 Å². The zero-order valence-corrected chi connectivity index (χ0v) is 10.9. The van der Waals surface area contributed by atoms with Crippen LogP contribution in [0, 0.1) is 0 Å². The first-order chi connectivity index (χ1) is 7.90. The molecule has 0 aliphatic heterocycles. The minimum atomic E-state index is -0.268. The van der Waals surface area contributed by atoms with Gasteiger partial charge < -0.3 is 9.84 Å². The molecule has 94 valence electrons. The van der Waals surface area contributed by atoms with Gasteiger partial charge in [0.1, 0.15) is 11.5 Å². The second-order valence-corrected chi connectivity index (χ2v) is 4.74. The van der Waals surface area contributed by atoms with E-state index in [9.17, 15) is 9.90 Å². The summed E-state index contributed by atoms with van der Waals surface area (Å²) in [6, 6.07) is 4.93. The summed E-state index contributed by atoms with van der Waals surface area (Å²) in [6.45, 7) is 7.91. The molecule has 0 saturated carbocycles. The predicted octanol–water partition coefficient (Wildman–Crippen LogP) is 3.40. The van der Waals surface area contributed by atoms with Gasteiger partial charge in [-0.3, -0.25) is 4.79 Å². The number of carbonyl (C=O) groups is 1. The molecule has 0 bridgehead atoms. The number of benzene rings is 1. The number of esters is 1. The molecule has 0 unspecified atom stereocenters. The lowest BCUT2D eigenvalue weighted by Crippen LogP contribution is -2.16. The van der Waals surface area contributed by atoms with Crippen LogP contribution in [-0.2, 0) is 10.2 Å². The molecule has 0 aromatic heterocycles. The summed E-state index contributed by atoms with van der Waals surface area (Å²) in [5.74, 6) is 0.468. The highest BCUT2D eigenvalue weighted by atomic mass is 16.5. The second kappa shape index (κ2) is 5.21. The average Bonchev–Trinajstić information content (AvgIpc) is 2.31. The Hall–Kier alpha value is -1.51. The van der Waals surface area contributed by atoms with Crippen molar-refractivity contribution in [1.29, 1.82) is 0 Å². The van der Waals surface area contributed by atoms with Crippen molar-refractivity contribution < 1.29 is 14.6 Å². The molecule has 1 aromatic rings. The van der Waals surface area contributed by atoms with Crippen LogP contribution in [-0.4, -0.2) is 11.1 Å². The molecule has 0 aliphatic carbocycles. The first-order valence-corrected chi connectivity index (χ1v) is 5.95. The van der Waals surface area contributed by atoms with Crippen molar-refractivity contribution in [2.45, 2.75) is 46.0 Å². The summed E-state index contributed by atoms with van der Waals surface area (Å²) in [5, 5.41) is 9.85. The van der Waals surface area contributed by atoms with Gasteiger partial charge in [-0.2, -0.15) is 0 Å². The maximum Gasteiger partial charge on any atom is 0.310 e. The van der Waals surface area contributed by atoms with E-state index in [4.69, 9.17) is 4.74 Å². The third-order valence-electron chi connectivity index (χ3n) is 3.10. The van der Waals surface area contributed by atoms with Crippen LogP contribution in [0.2, 0.25) is 0 Å². The van der Waals surface area contributed by atoms with Crippen LogP contribution in [0.1, 0.15) is 46.1 Å². The highest BCUT2D eigenvalue weighted by Crippen LogP contribution is 2.35. The molecule has 0 atom stereocenters. The minimum absolute atomic E-state index is 0.140. The second-order valence-electron chi connectivity index (χ2n) is 4.74. The van der Waals surface area contributed by atoms with Gasteiger partial charge in [-0.1, -0.05) is 27.7 Å². The van der Waals surface area contributed by atoms with Gasteiger partial charge in [0.15, 0.2) is 0 Å². The van der Waals surface area contributed by atoms with Crippen molar-refractivity contribution in [3.8, 4) is 11.5 Å². The molecule has 0 spiro atoms. The van der Waals surface area contributed by atoms with Crippen molar-refractivity contribution in [1.82, 2.24) is 0 Å². The van der Waals surface area contributed by atoms with Gasteiger partial charge in [0.2, 0.25) is 0 Å². The fraction of sp³-hybridized carbons (Fsp3) is 0.500. The minimum Gasteiger partial charge on any atom is -0.508 e. The molecule has 0 saturated heterocycles. The Morgan fingerprint density at radius 1 is 1.35 bits per heavy atom. The zero-order valence-electron chi connectivity index (χ0n) is 10.9. The van der Waals surface area contributed by atoms with Crippen LogP contribution in [0.15, 0.2) is 18.2 Å². The van der Waals surface area contributed by atoms with E-state index in [1.807, 2.05) is 13.8 Å². The van der Waals surface area contributed by atoms with Crippen LogP contribution in [0.3, 0.4) is 0 Å². The molecule has 1 rings (SSSR count). The monoisotopic (exact) mass is 236 g/mol. The average molecular weight is 236 g/mol. The third kappa shape index (κ3) is 3.22. The number of aromatic hydroxyl groups is 1. The zero-order chi connectivity index (χ0) is 13.1. The maximum atomic E-state index is 11.2. The van der Waals surface area contributed by atoms with Gasteiger partial charge >= 0.3 is 5.97 Å². The van der Waals surface area contributed by atoms with Crippen molar-refractivity contribution >= 4 is 5.97 Å². The molecule has 0 fully saturated rings.